The molecule has 0 bridgehead atoms. The normalized spacial score (nSPS) is 24.7. The summed E-state index contributed by atoms with van der Waals surface area (Å²) < 4.78 is 6.32. The number of likely N-dealkylation sites (tertiary alicyclic amines) is 1. The number of ketones is 1. The van der Waals surface area contributed by atoms with E-state index in [1.54, 1.807) is 21.6 Å². The van der Waals surface area contributed by atoms with Gasteiger partial charge >= 0.3 is 0 Å². The summed E-state index contributed by atoms with van der Waals surface area (Å²) in [5.74, 6) is 0.454. The van der Waals surface area contributed by atoms with Crippen LogP contribution in [-0.4, -0.2) is 82.6 Å². The van der Waals surface area contributed by atoms with Gasteiger partial charge in [0.2, 0.25) is 17.7 Å². The van der Waals surface area contributed by atoms with Crippen molar-refractivity contribution in [3.8, 4) is 5.75 Å². The lowest BCUT2D eigenvalue weighted by Crippen LogP contribution is -2.55. The molecular weight excluding hydrogens is 410 g/mol. The lowest BCUT2D eigenvalue weighted by molar-refractivity contribution is -0.147. The van der Waals surface area contributed by atoms with E-state index in [1.807, 2.05) is 25.1 Å². The van der Waals surface area contributed by atoms with Crippen LogP contribution in [0.4, 0.5) is 0 Å². The van der Waals surface area contributed by atoms with Gasteiger partial charge in [-0.2, -0.15) is 0 Å². The smallest absolute Gasteiger partial charge is 0.245 e. The van der Waals surface area contributed by atoms with E-state index in [4.69, 9.17) is 4.74 Å². The third-order valence-corrected chi connectivity index (χ3v) is 7.03. The van der Waals surface area contributed by atoms with Gasteiger partial charge in [0.05, 0.1) is 12.0 Å². The number of Topliss-reactive ketones (excluding diaryl/α,β-unsaturated/α-hetero) is 1. The Morgan fingerprint density at radius 1 is 1.03 bits per heavy atom. The van der Waals surface area contributed by atoms with Crippen LogP contribution in [-0.2, 0) is 14.4 Å². The molecule has 3 heterocycles. The van der Waals surface area contributed by atoms with Crippen LogP contribution >= 0.6 is 0 Å². The molecule has 2 atom stereocenters. The first-order valence-electron chi connectivity index (χ1n) is 11.4. The predicted octanol–water partition coefficient (Wildman–Crippen LogP) is 1.79. The second-order valence-corrected chi connectivity index (χ2v) is 9.23. The van der Waals surface area contributed by atoms with Crippen LogP contribution < -0.4 is 4.74 Å². The van der Waals surface area contributed by atoms with Gasteiger partial charge < -0.3 is 19.4 Å². The minimum atomic E-state index is -0.709. The summed E-state index contributed by atoms with van der Waals surface area (Å²) in [4.78, 5) is 55.5. The number of carbonyl (C=O) groups excluding carboxylic acids is 4. The number of benzene rings is 1. The number of carbonyl (C=O) groups is 4. The van der Waals surface area contributed by atoms with Crippen molar-refractivity contribution in [2.45, 2.75) is 58.1 Å². The molecule has 1 aromatic rings. The highest BCUT2D eigenvalue weighted by molar-refractivity contribution is 6.00. The highest BCUT2D eigenvalue weighted by Crippen LogP contribution is 2.40. The van der Waals surface area contributed by atoms with Crippen LogP contribution in [0, 0.1) is 6.92 Å². The molecule has 4 rings (SSSR count). The molecule has 0 aliphatic carbocycles. The van der Waals surface area contributed by atoms with Gasteiger partial charge in [-0.15, -0.1) is 0 Å². The Labute approximate surface area is 188 Å². The van der Waals surface area contributed by atoms with Crippen molar-refractivity contribution in [2.75, 3.05) is 32.7 Å². The lowest BCUT2D eigenvalue weighted by Gasteiger charge is -2.39. The molecule has 32 heavy (non-hydrogen) atoms. The van der Waals surface area contributed by atoms with E-state index in [1.165, 1.54) is 6.92 Å². The van der Waals surface area contributed by atoms with Gasteiger partial charge in [0, 0.05) is 52.5 Å². The summed E-state index contributed by atoms with van der Waals surface area (Å²) in [5.41, 5.74) is 0.909. The number of hydrogen-bond donors (Lipinski definition) is 0. The largest absolute Gasteiger partial charge is 0.486 e. The van der Waals surface area contributed by atoms with E-state index in [2.05, 4.69) is 0 Å². The number of aryl methyl sites for hydroxylation is 1. The van der Waals surface area contributed by atoms with E-state index in [0.29, 0.717) is 56.9 Å². The molecule has 0 radical (unpaired) electrons. The van der Waals surface area contributed by atoms with Gasteiger partial charge in [0.15, 0.2) is 5.78 Å². The molecule has 8 heteroatoms. The first-order valence-corrected chi connectivity index (χ1v) is 11.4. The summed E-state index contributed by atoms with van der Waals surface area (Å²) in [6.45, 7) is 7.58. The van der Waals surface area contributed by atoms with Crippen LogP contribution in [0.1, 0.15) is 55.5 Å². The van der Waals surface area contributed by atoms with Crippen LogP contribution in [0.3, 0.4) is 0 Å². The predicted molar refractivity (Wildman–Crippen MR) is 117 cm³/mol. The van der Waals surface area contributed by atoms with E-state index in [-0.39, 0.29) is 36.3 Å². The molecule has 0 saturated carbocycles. The Morgan fingerprint density at radius 3 is 2.41 bits per heavy atom. The Morgan fingerprint density at radius 2 is 1.72 bits per heavy atom. The number of fused-ring (bicyclic) bond motifs is 1. The minimum Gasteiger partial charge on any atom is -0.486 e. The Bertz CT molecular complexity index is 953. The number of rotatable bonds is 2. The molecule has 0 aromatic heterocycles. The van der Waals surface area contributed by atoms with Crippen molar-refractivity contribution in [1.29, 1.82) is 0 Å². The number of hydrogen-bond acceptors (Lipinski definition) is 5. The van der Waals surface area contributed by atoms with Gasteiger partial charge in [0.25, 0.3) is 0 Å². The number of ether oxygens (including phenoxy) is 1. The Kier molecular flexibility index (Phi) is 5.97. The number of piperazine rings is 1. The maximum atomic E-state index is 13.1. The third kappa shape index (κ3) is 4.23. The van der Waals surface area contributed by atoms with Crippen LogP contribution in [0.2, 0.25) is 0 Å². The summed E-state index contributed by atoms with van der Waals surface area (Å²) >= 11 is 0. The minimum absolute atomic E-state index is 0.0110. The van der Waals surface area contributed by atoms with Crippen LogP contribution in [0.25, 0.3) is 0 Å². The fourth-order valence-corrected chi connectivity index (χ4v) is 4.99. The molecule has 0 N–H and O–H groups in total. The maximum Gasteiger partial charge on any atom is 0.245 e. The summed E-state index contributed by atoms with van der Waals surface area (Å²) in [6, 6.07) is 5.02. The quantitative estimate of drug-likeness (QED) is 0.698. The third-order valence-electron chi connectivity index (χ3n) is 7.03. The fraction of sp³-hybridized carbons (Fsp3) is 0.583. The zero-order valence-corrected chi connectivity index (χ0v) is 19.1. The molecule has 8 nitrogen and oxygen atoms in total. The van der Waals surface area contributed by atoms with E-state index in [0.717, 1.165) is 5.56 Å². The monoisotopic (exact) mass is 441 g/mol. The second kappa shape index (κ2) is 8.56. The van der Waals surface area contributed by atoms with Crippen molar-refractivity contribution in [3.63, 3.8) is 0 Å². The van der Waals surface area contributed by atoms with Crippen LogP contribution in [0.5, 0.6) is 5.75 Å². The van der Waals surface area contributed by atoms with E-state index >= 15 is 0 Å². The molecule has 2 fully saturated rings. The van der Waals surface area contributed by atoms with Crippen molar-refractivity contribution < 1.29 is 23.9 Å². The Balaban J connectivity index is 1.44. The number of nitrogens with zero attached hydrogens (tertiary/aromatic N) is 3. The standard InChI is InChI=1S/C24H31N3O5/c1-16-4-5-21-19(14-16)20(29)15-24(32-21)7-6-22(30)27(9-8-24)17(2)23(31)26-12-10-25(11-13-26)18(3)28/h4-5,14,17H,6-13,15H2,1-3H3. The molecular formula is C24H31N3O5. The molecule has 3 aliphatic heterocycles. The van der Waals surface area contributed by atoms with E-state index < -0.39 is 11.6 Å². The van der Waals surface area contributed by atoms with Crippen molar-refractivity contribution in [2.24, 2.45) is 0 Å². The molecule has 2 saturated heterocycles. The van der Waals surface area contributed by atoms with Gasteiger partial charge in [-0.3, -0.25) is 19.2 Å². The highest BCUT2D eigenvalue weighted by Gasteiger charge is 2.44. The summed E-state index contributed by atoms with van der Waals surface area (Å²) in [7, 11) is 0. The summed E-state index contributed by atoms with van der Waals surface area (Å²) in [6.07, 6.45) is 1.46. The molecule has 1 spiro atoms. The van der Waals surface area contributed by atoms with Gasteiger partial charge in [-0.05, 0) is 32.4 Å². The Hall–Kier alpha value is -2.90. The summed E-state index contributed by atoms with van der Waals surface area (Å²) in [5, 5.41) is 0. The average Bonchev–Trinajstić information content (AvgIpc) is 2.92. The van der Waals surface area contributed by atoms with Crippen molar-refractivity contribution in [1.82, 2.24) is 14.7 Å². The fourth-order valence-electron chi connectivity index (χ4n) is 4.99. The molecule has 1 aromatic carbocycles. The zero-order valence-electron chi connectivity index (χ0n) is 19.1. The van der Waals surface area contributed by atoms with Gasteiger partial charge in [0.1, 0.15) is 17.4 Å². The topological polar surface area (TPSA) is 87.2 Å². The SMILES string of the molecule is CC(=O)N1CCN(C(=O)C(C)N2CCC3(CCC2=O)CC(=O)c2cc(C)ccc2O3)CC1. The molecule has 3 aliphatic rings. The molecule has 3 amide bonds. The van der Waals surface area contributed by atoms with Gasteiger partial charge in [-0.25, -0.2) is 0 Å². The van der Waals surface area contributed by atoms with Crippen molar-refractivity contribution >= 4 is 23.5 Å². The van der Waals surface area contributed by atoms with Crippen molar-refractivity contribution in [3.05, 3.63) is 29.3 Å². The average molecular weight is 442 g/mol. The van der Waals surface area contributed by atoms with E-state index in [9.17, 15) is 19.2 Å². The molecule has 2 unspecified atom stereocenters. The number of amides is 3. The second-order valence-electron chi connectivity index (χ2n) is 9.23. The first kappa shape index (κ1) is 22.3. The highest BCUT2D eigenvalue weighted by atomic mass is 16.5. The van der Waals surface area contributed by atoms with Crippen LogP contribution in [0.15, 0.2) is 18.2 Å². The molecule has 172 valence electrons. The maximum absolute atomic E-state index is 13.1. The zero-order chi connectivity index (χ0) is 23.0. The van der Waals surface area contributed by atoms with Gasteiger partial charge in [-0.1, -0.05) is 11.6 Å². The first-order chi connectivity index (χ1) is 15.2. The lowest BCUT2D eigenvalue weighted by atomic mass is 9.84.